The Hall–Kier alpha value is -8.61. The van der Waals surface area contributed by atoms with Crippen molar-refractivity contribution in [3.8, 4) is 0 Å². The molecule has 106 heavy (non-hydrogen) atoms. The van der Waals surface area contributed by atoms with Gasteiger partial charge in [0.25, 0.3) is 0 Å². The summed E-state index contributed by atoms with van der Waals surface area (Å²) in [6.45, 7) is 21.0. The number of likely N-dealkylation sites (tertiary alicyclic amines) is 1. The van der Waals surface area contributed by atoms with Crippen LogP contribution in [0.3, 0.4) is 0 Å². The summed E-state index contributed by atoms with van der Waals surface area (Å²) in [5.41, 5.74) is 19.4. The fourth-order valence-electron chi connectivity index (χ4n) is 12.4. The van der Waals surface area contributed by atoms with Crippen LogP contribution in [0, 0.1) is 35.5 Å². The maximum Gasteiger partial charge on any atom is 0.326 e. The summed E-state index contributed by atoms with van der Waals surface area (Å²) < 4.78 is 0. The van der Waals surface area contributed by atoms with Gasteiger partial charge in [-0.15, -0.1) is 0 Å². The molecule has 0 spiro atoms. The van der Waals surface area contributed by atoms with Crippen molar-refractivity contribution in [2.45, 2.75) is 258 Å². The number of amides is 12. The molecule has 12 amide bonds. The molecule has 1 fully saturated rings. The van der Waals surface area contributed by atoms with Gasteiger partial charge >= 0.3 is 5.97 Å². The topological polar surface area (TPSA) is 476 Å². The molecule has 30 nitrogen and oxygen atoms in total. The molecule has 2 aromatic carbocycles. The second-order valence-corrected chi connectivity index (χ2v) is 30.4. The number of aliphatic hydroxyl groups excluding tert-OH is 1. The zero-order chi connectivity index (χ0) is 79.3. The van der Waals surface area contributed by atoms with Crippen molar-refractivity contribution in [2.75, 3.05) is 32.8 Å². The summed E-state index contributed by atoms with van der Waals surface area (Å²) in [4.78, 5) is 183. The molecule has 594 valence electrons. The maximum absolute atomic E-state index is 14.9. The highest BCUT2D eigenvalue weighted by atomic mass is 16.4. The highest BCUT2D eigenvalue weighted by Crippen LogP contribution is 2.23. The number of aliphatic carboxylic acids is 1. The van der Waals surface area contributed by atoms with Gasteiger partial charge in [-0.05, 0) is 156 Å². The first kappa shape index (κ1) is 91.6. The normalized spacial score (nSPS) is 16.1. The molecular weight excluding hydrogens is 1360 g/mol. The van der Waals surface area contributed by atoms with Gasteiger partial charge in [-0.25, -0.2) is 4.79 Å². The van der Waals surface area contributed by atoms with Gasteiger partial charge in [0.1, 0.15) is 66.5 Å². The molecule has 30 heteroatoms. The van der Waals surface area contributed by atoms with Crippen molar-refractivity contribution >= 4 is 76.9 Å². The van der Waals surface area contributed by atoms with E-state index in [2.05, 4.69) is 58.5 Å². The maximum atomic E-state index is 14.9. The number of carbonyl (C=O) groups is 13. The van der Waals surface area contributed by atoms with E-state index in [0.717, 1.165) is 5.56 Å². The Morgan fingerprint density at radius 1 is 0.415 bits per heavy atom. The van der Waals surface area contributed by atoms with Gasteiger partial charge in [0.05, 0.1) is 19.2 Å². The Labute approximate surface area is 625 Å². The molecule has 0 unspecified atom stereocenters. The lowest BCUT2D eigenvalue weighted by Gasteiger charge is -2.32. The van der Waals surface area contributed by atoms with Crippen LogP contribution in [-0.2, 0) is 75.2 Å². The third-order valence-electron chi connectivity index (χ3n) is 17.8. The third kappa shape index (κ3) is 33.9. The number of carboxylic acids is 1. The average molecular weight is 1490 g/mol. The number of carbonyl (C=O) groups excluding carboxylic acids is 12. The first-order chi connectivity index (χ1) is 50.1. The van der Waals surface area contributed by atoms with Crippen LogP contribution in [0.25, 0.3) is 0 Å². The molecule has 0 bridgehead atoms. The first-order valence-corrected chi connectivity index (χ1v) is 37.8. The lowest BCUT2D eigenvalue weighted by molar-refractivity contribution is -0.143. The molecule has 1 heterocycles. The van der Waals surface area contributed by atoms with Crippen LogP contribution in [-0.4, -0.2) is 197 Å². The number of nitrogens with one attached hydrogen (secondary N) is 11. The molecule has 1 aliphatic rings. The Bertz CT molecular complexity index is 3140. The van der Waals surface area contributed by atoms with E-state index >= 15 is 0 Å². The highest BCUT2D eigenvalue weighted by Gasteiger charge is 2.42. The zero-order valence-corrected chi connectivity index (χ0v) is 64.4. The highest BCUT2D eigenvalue weighted by molar-refractivity contribution is 5.99. The van der Waals surface area contributed by atoms with E-state index in [-0.39, 0.29) is 119 Å². The molecule has 0 aliphatic carbocycles. The smallest absolute Gasteiger partial charge is 0.326 e. The summed E-state index contributed by atoms with van der Waals surface area (Å²) in [6, 6.07) is 3.17. The zero-order valence-electron chi connectivity index (χ0n) is 64.4. The predicted molar refractivity (Wildman–Crippen MR) is 403 cm³/mol. The largest absolute Gasteiger partial charge is 0.480 e. The average Bonchev–Trinajstić information content (AvgIpc) is 1.59. The molecule has 0 saturated carbocycles. The second kappa shape index (κ2) is 47.8. The molecule has 2 aromatic rings. The van der Waals surface area contributed by atoms with Crippen LogP contribution in [0.4, 0.5) is 0 Å². The van der Waals surface area contributed by atoms with Gasteiger partial charge in [-0.3, -0.25) is 57.5 Å². The molecule has 0 radical (unpaired) electrons. The fraction of sp³-hybridized carbons (Fsp3) is 0.671. The third-order valence-corrected chi connectivity index (χ3v) is 17.8. The van der Waals surface area contributed by atoms with Crippen molar-refractivity contribution in [1.29, 1.82) is 0 Å². The van der Waals surface area contributed by atoms with Crippen LogP contribution in [0.15, 0.2) is 60.7 Å². The van der Waals surface area contributed by atoms with Crippen LogP contribution in [0.5, 0.6) is 0 Å². The second-order valence-electron chi connectivity index (χ2n) is 30.4. The Morgan fingerprint density at radius 3 is 1.17 bits per heavy atom. The summed E-state index contributed by atoms with van der Waals surface area (Å²) in [5, 5.41) is 49.9. The van der Waals surface area contributed by atoms with Gasteiger partial charge in [0, 0.05) is 13.0 Å². The van der Waals surface area contributed by atoms with Crippen molar-refractivity contribution in [3.05, 3.63) is 71.8 Å². The quantitative estimate of drug-likeness (QED) is 0.0416. The number of rotatable bonds is 49. The van der Waals surface area contributed by atoms with Gasteiger partial charge in [0.15, 0.2) is 0 Å². The van der Waals surface area contributed by atoms with Crippen LogP contribution in [0.1, 0.15) is 184 Å². The van der Waals surface area contributed by atoms with Crippen LogP contribution in [0.2, 0.25) is 0 Å². The van der Waals surface area contributed by atoms with Crippen molar-refractivity contribution < 1.29 is 72.5 Å². The number of nitrogens with two attached hydrogens (primary N) is 3. The van der Waals surface area contributed by atoms with Gasteiger partial charge in [0.2, 0.25) is 70.9 Å². The van der Waals surface area contributed by atoms with E-state index in [4.69, 9.17) is 17.2 Å². The van der Waals surface area contributed by atoms with E-state index in [1.54, 1.807) is 44.2 Å². The minimum Gasteiger partial charge on any atom is -0.480 e. The monoisotopic (exact) mass is 1490 g/mol. The number of benzene rings is 2. The molecule has 1 aliphatic heterocycles. The number of unbranched alkanes of at least 4 members (excludes halogenated alkanes) is 2. The van der Waals surface area contributed by atoms with Gasteiger partial charge in [-0.2, -0.15) is 0 Å². The van der Waals surface area contributed by atoms with Crippen LogP contribution < -0.4 is 75.7 Å². The van der Waals surface area contributed by atoms with Crippen molar-refractivity contribution in [1.82, 2.24) is 63.4 Å². The molecule has 0 aromatic heterocycles. The Kier molecular flexibility index (Phi) is 41.3. The van der Waals surface area contributed by atoms with Gasteiger partial charge < -0.3 is 90.8 Å². The standard InChI is InChI=1S/C76H125N15O15/c1-44(2)34-55(87-70(99)56(35-45(3)4)88-73(102)62(43-92)81-64(93)42-80-66(95)59(41-51-26-17-14-18-27-51)84-65(94)52(79)40-50-24-15-13-16-25-50)69(98)82-53(28-19-21-31-77)67(96)85-57(36-46(5)6)71(100)89-60(38-48(9)10)75(104)91-33-23-30-63(91)74(103)83-54(29-20-22-32-78)68(97)86-58(37-47(7)8)72(101)90-61(76(105)106)39-49(11)12/h13-18,24-27,44-49,52-63,92H,19-23,28-43,77-79H2,1-12H3,(H,80,95)(H,81,93)(H,82,98)(H,83,103)(H,84,94)(H,85,96)(H,86,97)(H,87,99)(H,88,102)(H,89,100)(H,90,101)(H,105,106)/t52-,53-,54-,55-,56-,57-,58-,59-,60-,61-,62-,63-/m0/s1. The lowest BCUT2D eigenvalue weighted by atomic mass is 9.98. The summed E-state index contributed by atoms with van der Waals surface area (Å²) >= 11 is 0. The number of nitrogens with zero attached hydrogens (tertiary/aromatic N) is 1. The summed E-state index contributed by atoms with van der Waals surface area (Å²) in [5.74, 6) is -11.0. The molecule has 12 atom stereocenters. The first-order valence-electron chi connectivity index (χ1n) is 37.8. The van der Waals surface area contributed by atoms with E-state index in [9.17, 15) is 72.5 Å². The Morgan fingerprint density at radius 2 is 0.764 bits per heavy atom. The minimum absolute atomic E-state index is 0.0270. The van der Waals surface area contributed by atoms with Crippen LogP contribution >= 0.6 is 0 Å². The summed E-state index contributed by atoms with van der Waals surface area (Å²) in [7, 11) is 0. The van der Waals surface area contributed by atoms with E-state index < -0.39 is 163 Å². The van der Waals surface area contributed by atoms with Crippen molar-refractivity contribution in [2.24, 2.45) is 52.7 Å². The Balaban J connectivity index is 1.82. The number of aliphatic hydroxyl groups is 1. The number of hydrogen-bond acceptors (Lipinski definition) is 17. The number of hydrogen-bond donors (Lipinski definition) is 16. The molecule has 19 N–H and O–H groups in total. The number of carboxylic acid groups (broad SMARTS) is 1. The lowest BCUT2D eigenvalue weighted by Crippen LogP contribution is -2.61. The SMILES string of the molecule is CC(C)C[C@H](NC(=O)[C@H](CC(C)C)NC(=O)[C@H](CCCCN)NC(=O)[C@@H]1CCCN1C(=O)[C@H](CC(C)C)NC(=O)[C@H](CC(C)C)NC(=O)[C@H](CCCCN)NC(=O)[C@H](CC(C)C)NC(=O)[C@H](CC(C)C)NC(=O)[C@H](CO)NC(=O)CNC(=O)[C@H](Cc1ccccc1)NC(=O)[C@@H](N)Cc1ccccc1)C(=O)O. The molecule has 1 saturated heterocycles. The van der Waals surface area contributed by atoms with E-state index in [0.29, 0.717) is 44.2 Å². The minimum atomic E-state index is -1.62. The summed E-state index contributed by atoms with van der Waals surface area (Å²) in [6.07, 6.45) is 3.36. The predicted octanol–water partition coefficient (Wildman–Crippen LogP) is 1.37. The molecule has 3 rings (SSSR count). The van der Waals surface area contributed by atoms with Crippen molar-refractivity contribution in [3.63, 3.8) is 0 Å². The van der Waals surface area contributed by atoms with Gasteiger partial charge in [-0.1, -0.05) is 144 Å². The fourth-order valence-corrected chi connectivity index (χ4v) is 12.4. The molecular formula is C76H125N15O15. The van der Waals surface area contributed by atoms with E-state index in [1.807, 2.05) is 99.6 Å². The van der Waals surface area contributed by atoms with E-state index in [1.165, 1.54) is 4.90 Å².